The first kappa shape index (κ1) is 8.12. The monoisotopic (exact) mass is 190 g/mol. The van der Waals surface area contributed by atoms with Crippen molar-refractivity contribution >= 4 is 12.6 Å². The van der Waals surface area contributed by atoms with E-state index in [2.05, 4.69) is 32.6 Å². The van der Waals surface area contributed by atoms with E-state index >= 15 is 0 Å². The molecule has 0 atom stereocenters. The molecule has 0 spiro atoms. The Bertz CT molecular complexity index is 387. The summed E-state index contributed by atoms with van der Waals surface area (Å²) in [7, 11) is 0. The molecule has 0 unspecified atom stereocenters. The molecule has 0 aliphatic rings. The highest BCUT2D eigenvalue weighted by molar-refractivity contribution is 7.80. The van der Waals surface area contributed by atoms with E-state index in [0.29, 0.717) is 5.82 Å². The van der Waals surface area contributed by atoms with Crippen molar-refractivity contribution in [2.75, 3.05) is 0 Å². The van der Waals surface area contributed by atoms with Crippen molar-refractivity contribution in [3.63, 3.8) is 0 Å². The predicted octanol–water partition coefficient (Wildman–Crippen LogP) is 1.22. The summed E-state index contributed by atoms with van der Waals surface area (Å²) >= 11 is 4.09. The molecule has 0 amide bonds. The van der Waals surface area contributed by atoms with Crippen molar-refractivity contribution in [3.05, 3.63) is 31.1 Å². The topological polar surface area (TPSA) is 51.6 Å². The number of aromatic nitrogens is 4. The van der Waals surface area contributed by atoms with Gasteiger partial charge in [-0.25, -0.2) is 19.9 Å². The van der Waals surface area contributed by atoms with Crippen LogP contribution in [0.3, 0.4) is 0 Å². The van der Waals surface area contributed by atoms with Crippen LogP contribution >= 0.6 is 12.6 Å². The molecule has 0 aliphatic carbocycles. The minimum Gasteiger partial charge on any atom is -0.244 e. The van der Waals surface area contributed by atoms with E-state index in [1.807, 2.05) is 0 Å². The zero-order chi connectivity index (χ0) is 9.10. The SMILES string of the molecule is Sc1cnc(-c2cncnc2)nc1. The molecular weight excluding hydrogens is 184 g/mol. The maximum Gasteiger partial charge on any atom is 0.162 e. The Labute approximate surface area is 80.5 Å². The molecule has 0 fully saturated rings. The Kier molecular flexibility index (Phi) is 2.18. The van der Waals surface area contributed by atoms with Crippen molar-refractivity contribution in [1.82, 2.24) is 19.9 Å². The molecular formula is C8H6N4S. The Hall–Kier alpha value is -1.49. The third-order valence-electron chi connectivity index (χ3n) is 1.46. The minimum atomic E-state index is 0.610. The van der Waals surface area contributed by atoms with Gasteiger partial charge in [-0.1, -0.05) is 0 Å². The lowest BCUT2D eigenvalue weighted by Crippen LogP contribution is -1.89. The van der Waals surface area contributed by atoms with E-state index in [1.54, 1.807) is 24.8 Å². The maximum atomic E-state index is 4.09. The molecule has 0 radical (unpaired) electrons. The van der Waals surface area contributed by atoms with Crippen molar-refractivity contribution in [3.8, 4) is 11.4 Å². The van der Waals surface area contributed by atoms with Crippen LogP contribution < -0.4 is 0 Å². The third kappa shape index (κ3) is 1.81. The summed E-state index contributed by atoms with van der Waals surface area (Å²) in [6, 6.07) is 0. The van der Waals surface area contributed by atoms with Crippen molar-refractivity contribution in [1.29, 1.82) is 0 Å². The Balaban J connectivity index is 2.42. The van der Waals surface area contributed by atoms with Gasteiger partial charge in [0.25, 0.3) is 0 Å². The van der Waals surface area contributed by atoms with Gasteiger partial charge in [0, 0.05) is 29.7 Å². The quantitative estimate of drug-likeness (QED) is 0.687. The van der Waals surface area contributed by atoms with Gasteiger partial charge in [0.2, 0.25) is 0 Å². The van der Waals surface area contributed by atoms with Crippen LogP contribution in [-0.4, -0.2) is 19.9 Å². The van der Waals surface area contributed by atoms with Crippen LogP contribution in [0.15, 0.2) is 36.0 Å². The normalized spacial score (nSPS) is 9.92. The van der Waals surface area contributed by atoms with Gasteiger partial charge in [-0.15, -0.1) is 12.6 Å². The van der Waals surface area contributed by atoms with E-state index in [4.69, 9.17) is 0 Å². The van der Waals surface area contributed by atoms with Crippen molar-refractivity contribution in [2.24, 2.45) is 0 Å². The van der Waals surface area contributed by atoms with E-state index in [9.17, 15) is 0 Å². The van der Waals surface area contributed by atoms with E-state index < -0.39 is 0 Å². The number of thiol groups is 1. The highest BCUT2D eigenvalue weighted by atomic mass is 32.1. The molecule has 0 saturated carbocycles. The van der Waals surface area contributed by atoms with Gasteiger partial charge in [0.15, 0.2) is 5.82 Å². The van der Waals surface area contributed by atoms with Crippen LogP contribution in [0.5, 0.6) is 0 Å². The molecule has 2 aromatic rings. The van der Waals surface area contributed by atoms with E-state index in [0.717, 1.165) is 10.5 Å². The van der Waals surface area contributed by atoms with Crippen LogP contribution in [0.2, 0.25) is 0 Å². The molecule has 0 aliphatic heterocycles. The van der Waals surface area contributed by atoms with Crippen LogP contribution in [0.25, 0.3) is 11.4 Å². The molecule has 2 rings (SSSR count). The average molecular weight is 190 g/mol. The number of hydrogen-bond donors (Lipinski definition) is 1. The fourth-order valence-electron chi connectivity index (χ4n) is 0.885. The number of rotatable bonds is 1. The molecule has 0 aromatic carbocycles. The molecule has 0 N–H and O–H groups in total. The summed E-state index contributed by atoms with van der Waals surface area (Å²) in [5.74, 6) is 0.610. The maximum absolute atomic E-state index is 4.09. The first-order chi connectivity index (χ1) is 6.36. The number of nitrogens with zero attached hydrogens (tertiary/aromatic N) is 4. The molecule has 2 heterocycles. The molecule has 4 nitrogen and oxygen atoms in total. The molecule has 2 aromatic heterocycles. The predicted molar refractivity (Wildman–Crippen MR) is 50.3 cm³/mol. The molecule has 13 heavy (non-hydrogen) atoms. The van der Waals surface area contributed by atoms with Gasteiger partial charge >= 0.3 is 0 Å². The zero-order valence-corrected chi connectivity index (χ0v) is 7.52. The van der Waals surface area contributed by atoms with Crippen molar-refractivity contribution in [2.45, 2.75) is 4.90 Å². The first-order valence-corrected chi connectivity index (χ1v) is 4.07. The second kappa shape index (κ2) is 3.49. The molecule has 64 valence electrons. The molecule has 0 bridgehead atoms. The lowest BCUT2D eigenvalue weighted by molar-refractivity contribution is 1.09. The summed E-state index contributed by atoms with van der Waals surface area (Å²) in [6.07, 6.45) is 8.08. The standard InChI is InChI=1S/C8H6N4S/c13-7-3-11-8(12-4-7)6-1-9-5-10-2-6/h1-5,13H. The van der Waals surface area contributed by atoms with Gasteiger partial charge in [-0.3, -0.25) is 0 Å². The number of hydrogen-bond acceptors (Lipinski definition) is 5. The highest BCUT2D eigenvalue weighted by Gasteiger charge is 1.99. The molecule has 5 heteroatoms. The summed E-state index contributed by atoms with van der Waals surface area (Å²) in [4.78, 5) is 16.6. The van der Waals surface area contributed by atoms with E-state index in [-0.39, 0.29) is 0 Å². The van der Waals surface area contributed by atoms with Gasteiger partial charge in [0.05, 0.1) is 5.56 Å². The Morgan fingerprint density at radius 2 is 1.54 bits per heavy atom. The second-order valence-corrected chi connectivity index (χ2v) is 2.91. The van der Waals surface area contributed by atoms with Crippen LogP contribution in [0.1, 0.15) is 0 Å². The fraction of sp³-hybridized carbons (Fsp3) is 0. The molecule has 0 saturated heterocycles. The fourth-order valence-corrected chi connectivity index (χ4v) is 1.00. The van der Waals surface area contributed by atoms with Gasteiger partial charge < -0.3 is 0 Å². The second-order valence-electron chi connectivity index (χ2n) is 2.39. The summed E-state index contributed by atoms with van der Waals surface area (Å²) in [6.45, 7) is 0. The van der Waals surface area contributed by atoms with Crippen LogP contribution in [-0.2, 0) is 0 Å². The third-order valence-corrected chi connectivity index (χ3v) is 1.69. The first-order valence-electron chi connectivity index (χ1n) is 3.62. The van der Waals surface area contributed by atoms with E-state index in [1.165, 1.54) is 6.33 Å². The van der Waals surface area contributed by atoms with Gasteiger partial charge in [-0.05, 0) is 0 Å². The van der Waals surface area contributed by atoms with Crippen LogP contribution in [0, 0.1) is 0 Å². The highest BCUT2D eigenvalue weighted by Crippen LogP contribution is 2.11. The minimum absolute atomic E-state index is 0.610. The van der Waals surface area contributed by atoms with Crippen molar-refractivity contribution < 1.29 is 0 Å². The average Bonchev–Trinajstić information content (AvgIpc) is 2.20. The van der Waals surface area contributed by atoms with Crippen LogP contribution in [0.4, 0.5) is 0 Å². The van der Waals surface area contributed by atoms with Gasteiger partial charge in [-0.2, -0.15) is 0 Å². The Morgan fingerprint density at radius 1 is 0.923 bits per heavy atom. The summed E-state index contributed by atoms with van der Waals surface area (Å²) in [5, 5.41) is 0. The Morgan fingerprint density at radius 3 is 2.15 bits per heavy atom. The lowest BCUT2D eigenvalue weighted by Gasteiger charge is -1.96. The summed E-state index contributed by atoms with van der Waals surface area (Å²) < 4.78 is 0. The lowest BCUT2D eigenvalue weighted by atomic mass is 10.3. The zero-order valence-electron chi connectivity index (χ0n) is 6.62. The smallest absolute Gasteiger partial charge is 0.162 e. The summed E-state index contributed by atoms with van der Waals surface area (Å²) in [5.41, 5.74) is 0.802. The largest absolute Gasteiger partial charge is 0.244 e. The van der Waals surface area contributed by atoms with Gasteiger partial charge in [0.1, 0.15) is 6.33 Å².